The van der Waals surface area contributed by atoms with Gasteiger partial charge in [0.15, 0.2) is 0 Å². The van der Waals surface area contributed by atoms with E-state index in [9.17, 15) is 9.59 Å². The first kappa shape index (κ1) is 30.9. The number of aryl methyl sites for hydroxylation is 1. The lowest BCUT2D eigenvalue weighted by Gasteiger charge is -2.31. The van der Waals surface area contributed by atoms with Crippen molar-refractivity contribution in [2.24, 2.45) is 0 Å². The molecule has 1 heterocycles. The molecule has 0 bridgehead atoms. The molecule has 0 atom stereocenters. The summed E-state index contributed by atoms with van der Waals surface area (Å²) in [5.74, 6) is 1.85. The van der Waals surface area contributed by atoms with Crippen LogP contribution in [0.5, 0.6) is 17.2 Å². The van der Waals surface area contributed by atoms with Crippen LogP contribution in [0.15, 0.2) is 66.7 Å². The van der Waals surface area contributed by atoms with Crippen molar-refractivity contribution in [2.75, 3.05) is 36.9 Å². The molecule has 0 aliphatic carbocycles. The van der Waals surface area contributed by atoms with Crippen molar-refractivity contribution < 1.29 is 24.2 Å². The van der Waals surface area contributed by atoms with E-state index < -0.39 is 0 Å². The Balaban J connectivity index is 1.26. The van der Waals surface area contributed by atoms with E-state index in [-0.39, 0.29) is 30.7 Å². The molecular weight excluding hydrogens is 532 g/mol. The molecule has 0 unspecified atom stereocenters. The maximum absolute atomic E-state index is 12.9. The topological polar surface area (TPSA) is 112 Å². The van der Waals surface area contributed by atoms with E-state index in [4.69, 9.17) is 14.6 Å². The van der Waals surface area contributed by atoms with Crippen LogP contribution in [-0.4, -0.2) is 60.3 Å². The minimum atomic E-state index is -0.221. The largest absolute Gasteiger partial charge is 0.490 e. The normalized spacial score (nSPS) is 13.9. The van der Waals surface area contributed by atoms with E-state index in [1.807, 2.05) is 45.0 Å². The first-order valence-corrected chi connectivity index (χ1v) is 14.7. The second kappa shape index (κ2) is 15.2. The molecule has 0 aromatic heterocycles. The van der Waals surface area contributed by atoms with Crippen LogP contribution in [0.4, 0.5) is 16.2 Å². The number of nitrogens with zero attached hydrogens (tertiary/aromatic N) is 1. The van der Waals surface area contributed by atoms with Gasteiger partial charge in [-0.1, -0.05) is 13.8 Å². The minimum absolute atomic E-state index is 0.142. The molecule has 3 amide bonds. The third kappa shape index (κ3) is 8.96. The van der Waals surface area contributed by atoms with E-state index in [1.54, 1.807) is 42.5 Å². The van der Waals surface area contributed by atoms with Crippen LogP contribution >= 0.6 is 0 Å². The molecule has 1 aliphatic rings. The highest BCUT2D eigenvalue weighted by molar-refractivity contribution is 6.04. The molecule has 0 saturated carbocycles. The van der Waals surface area contributed by atoms with Crippen LogP contribution in [0.2, 0.25) is 0 Å². The number of carbonyl (C=O) groups is 2. The van der Waals surface area contributed by atoms with Gasteiger partial charge in [0.05, 0.1) is 6.61 Å². The Hall–Kier alpha value is -4.08. The summed E-state index contributed by atoms with van der Waals surface area (Å²) in [6.07, 6.45) is 3.75. The van der Waals surface area contributed by atoms with Crippen LogP contribution in [0, 0.1) is 6.92 Å². The highest BCUT2D eigenvalue weighted by atomic mass is 16.5. The number of rotatable bonds is 12. The number of aliphatic hydroxyl groups is 1. The molecule has 1 fully saturated rings. The predicted octanol–water partition coefficient (Wildman–Crippen LogP) is 6.19. The summed E-state index contributed by atoms with van der Waals surface area (Å²) in [6, 6.07) is 19.8. The number of amides is 3. The Labute approximate surface area is 248 Å². The summed E-state index contributed by atoms with van der Waals surface area (Å²) in [7, 11) is 0. The summed E-state index contributed by atoms with van der Waals surface area (Å²) < 4.78 is 12.1. The Morgan fingerprint density at radius 1 is 0.905 bits per heavy atom. The number of nitrogens with one attached hydrogen (secondary N) is 3. The van der Waals surface area contributed by atoms with E-state index in [0.717, 1.165) is 50.1 Å². The van der Waals surface area contributed by atoms with Gasteiger partial charge < -0.3 is 35.4 Å². The second-order valence-corrected chi connectivity index (χ2v) is 10.6. The third-order valence-corrected chi connectivity index (χ3v) is 7.46. The van der Waals surface area contributed by atoms with Crippen LogP contribution in [-0.2, 0) is 0 Å². The average Bonchev–Trinajstić information content (AvgIpc) is 2.99. The first-order chi connectivity index (χ1) is 20.4. The van der Waals surface area contributed by atoms with Crippen molar-refractivity contribution in [3.63, 3.8) is 0 Å². The van der Waals surface area contributed by atoms with Gasteiger partial charge in [0.1, 0.15) is 23.4 Å². The van der Waals surface area contributed by atoms with E-state index in [2.05, 4.69) is 20.9 Å². The van der Waals surface area contributed by atoms with Crippen molar-refractivity contribution in [1.29, 1.82) is 0 Å². The van der Waals surface area contributed by atoms with Crippen LogP contribution in [0.25, 0.3) is 0 Å². The molecule has 1 saturated heterocycles. The van der Waals surface area contributed by atoms with Crippen molar-refractivity contribution >= 4 is 23.3 Å². The fourth-order valence-electron chi connectivity index (χ4n) is 4.89. The minimum Gasteiger partial charge on any atom is -0.490 e. The molecule has 1 aliphatic heterocycles. The third-order valence-electron chi connectivity index (χ3n) is 7.46. The Morgan fingerprint density at radius 3 is 2.17 bits per heavy atom. The van der Waals surface area contributed by atoms with Gasteiger partial charge in [0.2, 0.25) is 0 Å². The molecular formula is C33H42N4O5. The highest BCUT2D eigenvalue weighted by Gasteiger charge is 2.20. The zero-order chi connectivity index (χ0) is 29.9. The maximum atomic E-state index is 12.9. The summed E-state index contributed by atoms with van der Waals surface area (Å²) in [5.41, 5.74) is 2.76. The number of benzene rings is 3. The number of hydrogen-bond donors (Lipinski definition) is 4. The molecule has 0 radical (unpaired) electrons. The Bertz CT molecular complexity index is 1300. The maximum Gasteiger partial charge on any atom is 0.319 e. The number of ether oxygens (including phenoxy) is 2. The number of urea groups is 1. The fraction of sp³-hybridized carbons (Fsp3) is 0.394. The smallest absolute Gasteiger partial charge is 0.319 e. The summed E-state index contributed by atoms with van der Waals surface area (Å²) >= 11 is 0. The zero-order valence-corrected chi connectivity index (χ0v) is 24.7. The lowest BCUT2D eigenvalue weighted by Crippen LogP contribution is -2.39. The number of likely N-dealkylation sites (tertiary alicyclic amines) is 1. The standard InChI is InChI=1S/C33H42N4O5/c1-4-25(5-2)35-33(40)36-26-8-13-29(14-9-26)42-31-15-10-27(22-23(31)3)34-32(39)24-6-11-28(12-7-24)41-30-16-18-37(19-17-30)20-21-38/h6-15,22,25,30,38H,4-5,16-21H2,1-3H3,(H,34,39)(H2,35,36,40). The molecule has 9 heteroatoms. The monoisotopic (exact) mass is 574 g/mol. The van der Waals surface area contributed by atoms with E-state index in [0.29, 0.717) is 35.0 Å². The molecule has 0 spiro atoms. The van der Waals surface area contributed by atoms with E-state index in [1.165, 1.54) is 0 Å². The lowest BCUT2D eigenvalue weighted by atomic mass is 10.1. The highest BCUT2D eigenvalue weighted by Crippen LogP contribution is 2.29. The van der Waals surface area contributed by atoms with Crippen molar-refractivity contribution in [3.05, 3.63) is 77.9 Å². The van der Waals surface area contributed by atoms with Gasteiger partial charge in [-0.2, -0.15) is 0 Å². The summed E-state index contributed by atoms with van der Waals surface area (Å²) in [4.78, 5) is 27.3. The molecule has 9 nitrogen and oxygen atoms in total. The van der Waals surface area contributed by atoms with Crippen molar-refractivity contribution in [1.82, 2.24) is 10.2 Å². The van der Waals surface area contributed by atoms with Crippen molar-refractivity contribution in [2.45, 2.75) is 58.6 Å². The molecule has 3 aromatic rings. The summed E-state index contributed by atoms with van der Waals surface area (Å²) in [6.45, 7) is 8.73. The summed E-state index contributed by atoms with van der Waals surface area (Å²) in [5, 5.41) is 17.8. The number of piperidine rings is 1. The van der Waals surface area contributed by atoms with Gasteiger partial charge >= 0.3 is 6.03 Å². The SMILES string of the molecule is CCC(CC)NC(=O)Nc1ccc(Oc2ccc(NC(=O)c3ccc(OC4CCN(CCO)CC4)cc3)cc2C)cc1. The number of β-amino-alcohol motifs (C(OH)–C–C–N with tert-alkyl or cyclic N) is 1. The number of hydrogen-bond acceptors (Lipinski definition) is 6. The number of anilines is 2. The van der Waals surface area contributed by atoms with Crippen LogP contribution in [0.3, 0.4) is 0 Å². The molecule has 42 heavy (non-hydrogen) atoms. The van der Waals surface area contributed by atoms with Gasteiger partial charge in [0, 0.05) is 42.6 Å². The zero-order valence-electron chi connectivity index (χ0n) is 24.7. The molecule has 3 aromatic carbocycles. The molecule has 4 rings (SSSR count). The predicted molar refractivity (Wildman–Crippen MR) is 166 cm³/mol. The van der Waals surface area contributed by atoms with Gasteiger partial charge in [-0.15, -0.1) is 0 Å². The van der Waals surface area contributed by atoms with Gasteiger partial charge in [0.25, 0.3) is 5.91 Å². The second-order valence-electron chi connectivity index (χ2n) is 10.6. The van der Waals surface area contributed by atoms with Crippen LogP contribution in [0.1, 0.15) is 55.5 Å². The van der Waals surface area contributed by atoms with Gasteiger partial charge in [-0.3, -0.25) is 4.79 Å². The van der Waals surface area contributed by atoms with E-state index >= 15 is 0 Å². The average molecular weight is 575 g/mol. The van der Waals surface area contributed by atoms with Crippen LogP contribution < -0.4 is 25.4 Å². The van der Waals surface area contributed by atoms with Crippen molar-refractivity contribution in [3.8, 4) is 17.2 Å². The van der Waals surface area contributed by atoms with Gasteiger partial charge in [-0.05, 0) is 105 Å². The molecule has 224 valence electrons. The fourth-order valence-corrected chi connectivity index (χ4v) is 4.89. The lowest BCUT2D eigenvalue weighted by molar-refractivity contribution is 0.0888. The number of carbonyl (C=O) groups excluding carboxylic acids is 2. The first-order valence-electron chi connectivity index (χ1n) is 14.7. The molecule has 4 N–H and O–H groups in total. The quantitative estimate of drug-likeness (QED) is 0.205. The Morgan fingerprint density at radius 2 is 1.55 bits per heavy atom. The van der Waals surface area contributed by atoms with Gasteiger partial charge in [-0.25, -0.2) is 4.79 Å². The number of aliphatic hydroxyl groups excluding tert-OH is 1. The Kier molecular flexibility index (Phi) is 11.2.